The van der Waals surface area contributed by atoms with E-state index in [0.29, 0.717) is 16.0 Å². The number of thioether (sulfide) groups is 1. The molecule has 0 saturated heterocycles. The first-order chi connectivity index (χ1) is 8.33. The van der Waals surface area contributed by atoms with Crippen LogP contribution >= 0.6 is 23.3 Å². The largest absolute Gasteiger partial charge is 0.431 e. The molecular weight excluding hydrogens is 256 g/mol. The van der Waals surface area contributed by atoms with E-state index in [1.165, 1.54) is 23.3 Å². The lowest BCUT2D eigenvalue weighted by molar-refractivity contribution is 0.489. The molecule has 1 aromatic carbocycles. The number of anilines is 1. The van der Waals surface area contributed by atoms with Crippen molar-refractivity contribution in [3.8, 4) is 0 Å². The van der Waals surface area contributed by atoms with Gasteiger partial charge in [-0.1, -0.05) is 28.4 Å². The second-order valence-electron chi connectivity index (χ2n) is 3.32. The summed E-state index contributed by atoms with van der Waals surface area (Å²) in [4.78, 5) is 4.35. The molecule has 2 N–H and O–H groups in total. The Morgan fingerprint density at radius 3 is 3.00 bits per heavy atom. The van der Waals surface area contributed by atoms with Gasteiger partial charge in [0.05, 0.1) is 5.75 Å². The second kappa shape index (κ2) is 4.34. The van der Waals surface area contributed by atoms with Gasteiger partial charge < -0.3 is 10.2 Å². The highest BCUT2D eigenvalue weighted by atomic mass is 32.2. The van der Waals surface area contributed by atoms with Crippen LogP contribution in [0.5, 0.6) is 0 Å². The lowest BCUT2D eigenvalue weighted by Gasteiger charge is -1.92. The Morgan fingerprint density at radius 2 is 2.24 bits per heavy atom. The molecule has 5 nitrogen and oxygen atoms in total. The van der Waals surface area contributed by atoms with Gasteiger partial charge in [-0.3, -0.25) is 0 Å². The van der Waals surface area contributed by atoms with Gasteiger partial charge in [-0.05, 0) is 12.1 Å². The van der Waals surface area contributed by atoms with Crippen molar-refractivity contribution < 1.29 is 4.42 Å². The zero-order chi connectivity index (χ0) is 11.7. The highest BCUT2D eigenvalue weighted by Gasteiger charge is 2.09. The molecule has 0 bridgehead atoms. The van der Waals surface area contributed by atoms with E-state index in [0.717, 1.165) is 16.8 Å². The highest BCUT2D eigenvalue weighted by Crippen LogP contribution is 2.27. The lowest BCUT2D eigenvalue weighted by Crippen LogP contribution is -1.88. The number of para-hydroxylation sites is 2. The summed E-state index contributed by atoms with van der Waals surface area (Å²) in [6, 6.07) is 7.67. The molecule has 0 unspecified atom stereocenters. The molecule has 0 aliphatic carbocycles. The van der Waals surface area contributed by atoms with Gasteiger partial charge in [-0.25, -0.2) is 4.98 Å². The third kappa shape index (κ3) is 2.11. The van der Waals surface area contributed by atoms with Gasteiger partial charge >= 0.3 is 0 Å². The van der Waals surface area contributed by atoms with Crippen LogP contribution < -0.4 is 5.73 Å². The van der Waals surface area contributed by atoms with Gasteiger partial charge in [-0.2, -0.15) is 0 Å². The molecule has 0 atom stereocenters. The van der Waals surface area contributed by atoms with Gasteiger partial charge in [0, 0.05) is 11.5 Å². The van der Waals surface area contributed by atoms with Crippen molar-refractivity contribution >= 4 is 39.4 Å². The zero-order valence-corrected chi connectivity index (χ0v) is 10.3. The SMILES string of the molecule is Nc1snnc1CSc1nc2ccccc2o1. The maximum absolute atomic E-state index is 5.71. The van der Waals surface area contributed by atoms with E-state index in [1.54, 1.807) is 0 Å². The van der Waals surface area contributed by atoms with Crippen molar-refractivity contribution in [2.24, 2.45) is 0 Å². The fourth-order valence-corrected chi connectivity index (χ4v) is 2.68. The Hall–Kier alpha value is -1.60. The van der Waals surface area contributed by atoms with Crippen molar-refractivity contribution in [3.63, 3.8) is 0 Å². The van der Waals surface area contributed by atoms with E-state index < -0.39 is 0 Å². The molecule has 3 rings (SSSR count). The van der Waals surface area contributed by atoms with Crippen molar-refractivity contribution in [2.45, 2.75) is 11.0 Å². The summed E-state index contributed by atoms with van der Waals surface area (Å²) >= 11 is 2.66. The van der Waals surface area contributed by atoms with Gasteiger partial charge in [0.25, 0.3) is 5.22 Å². The molecule has 0 aliphatic rings. The van der Waals surface area contributed by atoms with E-state index in [-0.39, 0.29) is 0 Å². The molecule has 0 aliphatic heterocycles. The van der Waals surface area contributed by atoms with Crippen LogP contribution in [0.25, 0.3) is 11.1 Å². The topological polar surface area (TPSA) is 77.8 Å². The van der Waals surface area contributed by atoms with Gasteiger partial charge in [-0.15, -0.1) is 5.10 Å². The Bertz CT molecular complexity index is 615. The first kappa shape index (κ1) is 10.5. The number of hydrogen-bond donors (Lipinski definition) is 1. The maximum atomic E-state index is 5.71. The molecule has 2 aromatic heterocycles. The number of benzene rings is 1. The maximum Gasteiger partial charge on any atom is 0.257 e. The summed E-state index contributed by atoms with van der Waals surface area (Å²) in [5, 5.41) is 5.21. The minimum atomic E-state index is 0.620. The van der Waals surface area contributed by atoms with E-state index in [2.05, 4.69) is 14.6 Å². The van der Waals surface area contributed by atoms with Crippen molar-refractivity contribution in [1.29, 1.82) is 0 Å². The predicted octanol–water partition coefficient (Wildman–Crippen LogP) is 2.55. The highest BCUT2D eigenvalue weighted by molar-refractivity contribution is 7.98. The molecule has 0 radical (unpaired) electrons. The standard InChI is InChI=1S/C10H8N4OS2/c11-9-7(13-14-17-9)5-16-10-12-6-3-1-2-4-8(6)15-10/h1-4H,5,11H2. The van der Waals surface area contributed by atoms with Crippen LogP contribution in [0.3, 0.4) is 0 Å². The number of aromatic nitrogens is 3. The Labute approximate surface area is 105 Å². The zero-order valence-electron chi connectivity index (χ0n) is 8.66. The van der Waals surface area contributed by atoms with Crippen LogP contribution in [-0.4, -0.2) is 14.6 Å². The van der Waals surface area contributed by atoms with E-state index in [4.69, 9.17) is 10.2 Å². The van der Waals surface area contributed by atoms with E-state index >= 15 is 0 Å². The molecule has 2 heterocycles. The summed E-state index contributed by atoms with van der Waals surface area (Å²) in [7, 11) is 0. The number of oxazole rings is 1. The Balaban J connectivity index is 1.79. The molecule has 17 heavy (non-hydrogen) atoms. The number of fused-ring (bicyclic) bond motifs is 1. The minimum absolute atomic E-state index is 0.620. The monoisotopic (exact) mass is 264 g/mol. The van der Waals surface area contributed by atoms with Crippen LogP contribution in [0, 0.1) is 0 Å². The number of nitrogens with two attached hydrogens (primary N) is 1. The van der Waals surface area contributed by atoms with E-state index in [1.807, 2.05) is 24.3 Å². The Kier molecular flexibility index (Phi) is 2.69. The normalized spacial score (nSPS) is 11.1. The molecule has 86 valence electrons. The van der Waals surface area contributed by atoms with Gasteiger partial charge in [0.15, 0.2) is 5.58 Å². The van der Waals surface area contributed by atoms with Crippen molar-refractivity contribution in [3.05, 3.63) is 30.0 Å². The molecule has 0 fully saturated rings. The summed E-state index contributed by atoms with van der Waals surface area (Å²) < 4.78 is 9.35. The predicted molar refractivity (Wildman–Crippen MR) is 67.9 cm³/mol. The van der Waals surface area contributed by atoms with Crippen LogP contribution in [0.1, 0.15) is 5.69 Å². The van der Waals surface area contributed by atoms with E-state index in [9.17, 15) is 0 Å². The third-order valence-electron chi connectivity index (χ3n) is 2.19. The van der Waals surface area contributed by atoms with Crippen LogP contribution in [0.4, 0.5) is 5.00 Å². The van der Waals surface area contributed by atoms with Crippen molar-refractivity contribution in [1.82, 2.24) is 14.6 Å². The lowest BCUT2D eigenvalue weighted by atomic mass is 10.3. The summed E-state index contributed by atoms with van der Waals surface area (Å²) in [6.07, 6.45) is 0. The van der Waals surface area contributed by atoms with Crippen molar-refractivity contribution in [2.75, 3.05) is 5.73 Å². The fraction of sp³-hybridized carbons (Fsp3) is 0.100. The molecule has 3 aromatic rings. The third-order valence-corrected chi connectivity index (χ3v) is 3.63. The molecule has 7 heteroatoms. The number of nitrogens with zero attached hydrogens (tertiary/aromatic N) is 3. The van der Waals surface area contributed by atoms with Crippen LogP contribution in [0.15, 0.2) is 33.9 Å². The minimum Gasteiger partial charge on any atom is -0.431 e. The first-order valence-corrected chi connectivity index (χ1v) is 6.64. The molecular formula is C10H8N4OS2. The fourth-order valence-electron chi connectivity index (χ4n) is 1.36. The van der Waals surface area contributed by atoms with Gasteiger partial charge in [0.2, 0.25) is 0 Å². The number of nitrogen functional groups attached to an aromatic ring is 1. The molecule has 0 saturated carbocycles. The average Bonchev–Trinajstić information content (AvgIpc) is 2.92. The summed E-state index contributed by atoms with van der Waals surface area (Å²) in [5.74, 6) is 0.620. The quantitative estimate of drug-likeness (QED) is 0.732. The number of hydrogen-bond acceptors (Lipinski definition) is 7. The average molecular weight is 264 g/mol. The molecule has 0 spiro atoms. The summed E-state index contributed by atoms with van der Waals surface area (Å²) in [6.45, 7) is 0. The van der Waals surface area contributed by atoms with Crippen LogP contribution in [-0.2, 0) is 5.75 Å². The number of rotatable bonds is 3. The summed E-state index contributed by atoms with van der Waals surface area (Å²) in [5.41, 5.74) is 8.14. The Morgan fingerprint density at radius 1 is 1.35 bits per heavy atom. The smallest absolute Gasteiger partial charge is 0.257 e. The molecule has 0 amide bonds. The van der Waals surface area contributed by atoms with Gasteiger partial charge in [0.1, 0.15) is 16.2 Å². The first-order valence-electron chi connectivity index (χ1n) is 4.88. The second-order valence-corrected chi connectivity index (χ2v) is 5.03. The van der Waals surface area contributed by atoms with Crippen LogP contribution in [0.2, 0.25) is 0 Å².